The summed E-state index contributed by atoms with van der Waals surface area (Å²) in [7, 11) is 1.56. The molecule has 0 bridgehead atoms. The van der Waals surface area contributed by atoms with E-state index >= 15 is 0 Å². The highest BCUT2D eigenvalue weighted by atomic mass is 79.9. The zero-order valence-corrected chi connectivity index (χ0v) is 13.5. The maximum Gasteiger partial charge on any atom is 0.218 e. The smallest absolute Gasteiger partial charge is 0.218 e. The maximum absolute atomic E-state index is 14.0. The van der Waals surface area contributed by atoms with Crippen LogP contribution in [0.1, 0.15) is 6.42 Å². The van der Waals surface area contributed by atoms with Gasteiger partial charge in [-0.15, -0.1) is 0 Å². The normalized spacial score (nSPS) is 17.6. The number of aromatic nitrogens is 3. The lowest BCUT2D eigenvalue weighted by molar-refractivity contribution is 0.397. The van der Waals surface area contributed by atoms with Crippen LogP contribution in [0, 0.1) is 5.82 Å². The van der Waals surface area contributed by atoms with Gasteiger partial charge in [0.2, 0.25) is 5.88 Å². The summed E-state index contributed by atoms with van der Waals surface area (Å²) in [5.41, 5.74) is 0. The van der Waals surface area contributed by atoms with Gasteiger partial charge in [0.05, 0.1) is 7.11 Å². The molecule has 1 atom stereocenters. The second kappa shape index (κ2) is 6.43. The van der Waals surface area contributed by atoms with Gasteiger partial charge < -0.3 is 15.0 Å². The van der Waals surface area contributed by atoms with Crippen LogP contribution in [0.4, 0.5) is 16.0 Å². The van der Waals surface area contributed by atoms with Crippen LogP contribution in [0.3, 0.4) is 0 Å². The summed E-state index contributed by atoms with van der Waals surface area (Å²) in [6.45, 7) is 1.41. The molecule has 2 aromatic heterocycles. The zero-order valence-electron chi connectivity index (χ0n) is 12.0. The molecular formula is C14H15BrFN5O. The predicted molar refractivity (Wildman–Crippen MR) is 84.7 cm³/mol. The molecule has 3 heterocycles. The van der Waals surface area contributed by atoms with Crippen LogP contribution >= 0.6 is 15.9 Å². The van der Waals surface area contributed by atoms with Gasteiger partial charge in [-0.05, 0) is 28.4 Å². The van der Waals surface area contributed by atoms with E-state index in [0.717, 1.165) is 13.0 Å². The fraction of sp³-hybridized carbons (Fsp3) is 0.357. The minimum Gasteiger partial charge on any atom is -0.481 e. The third-order valence-corrected chi connectivity index (χ3v) is 3.91. The number of nitrogens with zero attached hydrogens (tertiary/aromatic N) is 4. The number of pyridine rings is 1. The van der Waals surface area contributed by atoms with Gasteiger partial charge in [-0.2, -0.15) is 0 Å². The Balaban J connectivity index is 1.67. The summed E-state index contributed by atoms with van der Waals surface area (Å²) in [4.78, 5) is 14.2. The number of halogens is 2. The third-order valence-electron chi connectivity index (χ3n) is 3.48. The number of rotatable bonds is 4. The van der Waals surface area contributed by atoms with Crippen LogP contribution in [0.25, 0.3) is 0 Å². The van der Waals surface area contributed by atoms with Gasteiger partial charge in [-0.1, -0.05) is 0 Å². The lowest BCUT2D eigenvalue weighted by Crippen LogP contribution is -2.27. The molecular weight excluding hydrogens is 353 g/mol. The highest BCUT2D eigenvalue weighted by Crippen LogP contribution is 2.25. The molecule has 0 amide bonds. The molecule has 3 rings (SSSR count). The number of methoxy groups -OCH3 is 1. The van der Waals surface area contributed by atoms with Crippen LogP contribution in [-0.2, 0) is 0 Å². The van der Waals surface area contributed by atoms with E-state index < -0.39 is 0 Å². The molecule has 6 nitrogen and oxygen atoms in total. The summed E-state index contributed by atoms with van der Waals surface area (Å²) in [6.07, 6.45) is 3.93. The van der Waals surface area contributed by atoms with Gasteiger partial charge in [0.25, 0.3) is 0 Å². The quantitative estimate of drug-likeness (QED) is 0.895. The predicted octanol–water partition coefficient (Wildman–Crippen LogP) is 2.47. The largest absolute Gasteiger partial charge is 0.481 e. The number of anilines is 2. The average Bonchev–Trinajstić information content (AvgIpc) is 2.95. The van der Waals surface area contributed by atoms with Crippen molar-refractivity contribution < 1.29 is 9.13 Å². The molecule has 0 saturated carbocycles. The number of nitrogens with one attached hydrogen (secondary N) is 1. The van der Waals surface area contributed by atoms with E-state index in [-0.39, 0.29) is 11.9 Å². The second-order valence-electron chi connectivity index (χ2n) is 4.98. The van der Waals surface area contributed by atoms with Crippen molar-refractivity contribution >= 4 is 27.6 Å². The molecule has 1 N–H and O–H groups in total. The van der Waals surface area contributed by atoms with Crippen molar-refractivity contribution in [2.45, 2.75) is 12.5 Å². The molecule has 0 aliphatic carbocycles. The molecule has 116 valence electrons. The summed E-state index contributed by atoms with van der Waals surface area (Å²) < 4.78 is 19.7. The molecule has 1 aliphatic heterocycles. The van der Waals surface area contributed by atoms with Crippen LogP contribution in [-0.4, -0.2) is 41.2 Å². The Bertz CT molecular complexity index is 671. The van der Waals surface area contributed by atoms with Crippen LogP contribution in [0.2, 0.25) is 0 Å². The molecule has 0 radical (unpaired) electrons. The van der Waals surface area contributed by atoms with Crippen molar-refractivity contribution in [1.82, 2.24) is 15.0 Å². The Labute approximate surface area is 135 Å². The van der Waals surface area contributed by atoms with Crippen LogP contribution in [0.15, 0.2) is 29.1 Å². The maximum atomic E-state index is 14.0. The Kier molecular flexibility index (Phi) is 4.37. The minimum atomic E-state index is -0.321. The van der Waals surface area contributed by atoms with E-state index in [2.05, 4.69) is 36.2 Å². The highest BCUT2D eigenvalue weighted by Gasteiger charge is 2.25. The molecule has 1 aliphatic rings. The summed E-state index contributed by atoms with van der Waals surface area (Å²) in [5, 5.41) is 3.31. The first-order valence-electron chi connectivity index (χ1n) is 6.84. The van der Waals surface area contributed by atoms with E-state index in [0.29, 0.717) is 28.5 Å². The van der Waals surface area contributed by atoms with E-state index in [9.17, 15) is 4.39 Å². The first-order valence-corrected chi connectivity index (χ1v) is 7.63. The van der Waals surface area contributed by atoms with Gasteiger partial charge in [0.1, 0.15) is 12.1 Å². The Morgan fingerprint density at radius 3 is 3.00 bits per heavy atom. The summed E-state index contributed by atoms with van der Waals surface area (Å²) in [5.74, 6) is 1.27. The van der Waals surface area contributed by atoms with Crippen molar-refractivity contribution in [3.05, 3.63) is 34.9 Å². The second-order valence-corrected chi connectivity index (χ2v) is 5.90. The highest BCUT2D eigenvalue weighted by molar-refractivity contribution is 9.10. The fourth-order valence-electron chi connectivity index (χ4n) is 2.45. The molecule has 0 spiro atoms. The topological polar surface area (TPSA) is 63.2 Å². The van der Waals surface area contributed by atoms with Crippen molar-refractivity contribution in [2.75, 3.05) is 30.4 Å². The molecule has 1 unspecified atom stereocenters. The first-order chi connectivity index (χ1) is 10.7. The molecule has 0 aromatic carbocycles. The van der Waals surface area contributed by atoms with Crippen molar-refractivity contribution in [3.8, 4) is 5.88 Å². The lowest BCUT2D eigenvalue weighted by atomic mass is 10.2. The Hall–Kier alpha value is -1.96. The van der Waals surface area contributed by atoms with Gasteiger partial charge >= 0.3 is 0 Å². The molecule has 22 heavy (non-hydrogen) atoms. The van der Waals surface area contributed by atoms with Gasteiger partial charge in [0, 0.05) is 35.9 Å². The molecule has 2 aromatic rings. The summed E-state index contributed by atoms with van der Waals surface area (Å²) in [6, 6.07) is 3.34. The van der Waals surface area contributed by atoms with Crippen molar-refractivity contribution in [1.29, 1.82) is 0 Å². The van der Waals surface area contributed by atoms with Crippen molar-refractivity contribution in [3.63, 3.8) is 0 Å². The van der Waals surface area contributed by atoms with E-state index in [1.54, 1.807) is 19.4 Å². The van der Waals surface area contributed by atoms with Crippen molar-refractivity contribution in [2.24, 2.45) is 0 Å². The Morgan fingerprint density at radius 2 is 2.23 bits per heavy atom. The average molecular weight is 368 g/mol. The fourth-order valence-corrected chi connectivity index (χ4v) is 2.75. The van der Waals surface area contributed by atoms with Gasteiger partial charge in [-0.25, -0.2) is 19.3 Å². The first kappa shape index (κ1) is 15.0. The van der Waals surface area contributed by atoms with Crippen LogP contribution in [0.5, 0.6) is 5.88 Å². The van der Waals surface area contributed by atoms with Crippen LogP contribution < -0.4 is 15.0 Å². The molecule has 8 heteroatoms. The number of ether oxygens (including phenoxy) is 1. The molecule has 1 fully saturated rings. The monoisotopic (exact) mass is 367 g/mol. The Morgan fingerprint density at radius 1 is 1.36 bits per heavy atom. The van der Waals surface area contributed by atoms with Gasteiger partial charge in [-0.3, -0.25) is 0 Å². The van der Waals surface area contributed by atoms with E-state index in [1.807, 2.05) is 4.90 Å². The standard InChI is InChI=1S/C14H15BrFN5O/c1-22-13-5-12(18-8-19-13)20-10-2-3-21(7-10)14-11(16)4-9(15)6-17-14/h4-6,8,10H,2-3,7H2,1H3,(H,18,19,20). The SMILES string of the molecule is COc1cc(NC2CCN(c3ncc(Br)cc3F)C2)ncn1. The number of hydrogen-bond donors (Lipinski definition) is 1. The lowest BCUT2D eigenvalue weighted by Gasteiger charge is -2.18. The zero-order chi connectivity index (χ0) is 15.5. The number of hydrogen-bond acceptors (Lipinski definition) is 6. The van der Waals surface area contributed by atoms with E-state index in [4.69, 9.17) is 4.74 Å². The summed E-state index contributed by atoms with van der Waals surface area (Å²) >= 11 is 3.22. The van der Waals surface area contributed by atoms with E-state index in [1.165, 1.54) is 12.4 Å². The van der Waals surface area contributed by atoms with Gasteiger partial charge in [0.15, 0.2) is 11.6 Å². The minimum absolute atomic E-state index is 0.171. The third kappa shape index (κ3) is 3.27. The molecule has 1 saturated heterocycles.